The molecule has 2 heterocycles. The van der Waals surface area contributed by atoms with E-state index in [1.807, 2.05) is 38.5 Å². The summed E-state index contributed by atoms with van der Waals surface area (Å²) in [6.45, 7) is 4.11. The zero-order valence-electron chi connectivity index (χ0n) is 13.9. The first-order chi connectivity index (χ1) is 11.5. The van der Waals surface area contributed by atoms with Crippen molar-refractivity contribution in [1.82, 2.24) is 19.6 Å². The molecule has 0 spiro atoms. The van der Waals surface area contributed by atoms with Crippen LogP contribution in [0.5, 0.6) is 0 Å². The van der Waals surface area contributed by atoms with Crippen LogP contribution in [0.4, 0.5) is 5.69 Å². The van der Waals surface area contributed by atoms with Gasteiger partial charge in [0.1, 0.15) is 0 Å². The largest absolute Gasteiger partial charge is 0.323 e. The number of benzene rings is 1. The monoisotopic (exact) mass is 341 g/mol. The Morgan fingerprint density at radius 2 is 2.04 bits per heavy atom. The van der Waals surface area contributed by atoms with Gasteiger partial charge in [-0.05, 0) is 25.5 Å². The molecule has 24 heavy (non-hydrogen) atoms. The minimum atomic E-state index is -0.0657. The summed E-state index contributed by atoms with van der Waals surface area (Å²) in [6.07, 6.45) is 7.11. The van der Waals surface area contributed by atoms with Crippen molar-refractivity contribution < 1.29 is 4.79 Å². The molecule has 2 aromatic heterocycles. The third kappa shape index (κ3) is 3.86. The SMILES string of the molecule is Cc1ccc(-n2cc(NC(=O)CSc3cnn(C)c3)cn2)c(C)c1. The molecule has 0 unspecified atom stereocenters. The number of anilines is 1. The Hall–Kier alpha value is -2.54. The average Bonchev–Trinajstić information content (AvgIpc) is 3.14. The van der Waals surface area contributed by atoms with Gasteiger partial charge >= 0.3 is 0 Å². The fraction of sp³-hybridized carbons (Fsp3) is 0.235. The first-order valence-electron chi connectivity index (χ1n) is 7.55. The first-order valence-corrected chi connectivity index (χ1v) is 8.53. The maximum absolute atomic E-state index is 12.1. The van der Waals surface area contributed by atoms with Gasteiger partial charge in [-0.1, -0.05) is 17.7 Å². The number of aromatic nitrogens is 4. The highest BCUT2D eigenvalue weighted by atomic mass is 32.2. The molecular weight excluding hydrogens is 322 g/mol. The van der Waals surface area contributed by atoms with Crippen molar-refractivity contribution in [3.05, 3.63) is 54.1 Å². The number of nitrogens with one attached hydrogen (secondary N) is 1. The predicted molar refractivity (Wildman–Crippen MR) is 95.6 cm³/mol. The van der Waals surface area contributed by atoms with Crippen molar-refractivity contribution in [3.63, 3.8) is 0 Å². The summed E-state index contributed by atoms with van der Waals surface area (Å²) < 4.78 is 3.49. The minimum absolute atomic E-state index is 0.0657. The zero-order valence-corrected chi connectivity index (χ0v) is 14.7. The maximum atomic E-state index is 12.1. The summed E-state index contributed by atoms with van der Waals surface area (Å²) in [6, 6.07) is 6.19. The lowest BCUT2D eigenvalue weighted by Crippen LogP contribution is -2.13. The maximum Gasteiger partial charge on any atom is 0.234 e. The average molecular weight is 341 g/mol. The van der Waals surface area contributed by atoms with Crippen molar-refractivity contribution >= 4 is 23.4 Å². The van der Waals surface area contributed by atoms with E-state index in [0.29, 0.717) is 11.4 Å². The van der Waals surface area contributed by atoms with Crippen LogP contribution < -0.4 is 5.32 Å². The van der Waals surface area contributed by atoms with Gasteiger partial charge in [0.25, 0.3) is 0 Å². The summed E-state index contributed by atoms with van der Waals surface area (Å²) in [4.78, 5) is 13.0. The zero-order chi connectivity index (χ0) is 17.1. The minimum Gasteiger partial charge on any atom is -0.323 e. The van der Waals surface area contributed by atoms with Crippen LogP contribution in [-0.2, 0) is 11.8 Å². The fourth-order valence-electron chi connectivity index (χ4n) is 2.40. The molecule has 0 aliphatic carbocycles. The lowest BCUT2D eigenvalue weighted by molar-refractivity contribution is -0.113. The first kappa shape index (κ1) is 16.3. The van der Waals surface area contributed by atoms with Crippen LogP contribution in [0.25, 0.3) is 5.69 Å². The second-order valence-corrected chi connectivity index (χ2v) is 6.70. The third-order valence-corrected chi connectivity index (χ3v) is 4.47. The van der Waals surface area contributed by atoms with E-state index in [0.717, 1.165) is 16.1 Å². The molecule has 0 fully saturated rings. The number of thioether (sulfide) groups is 1. The molecule has 6 nitrogen and oxygen atoms in total. The summed E-state index contributed by atoms with van der Waals surface area (Å²) in [5.74, 6) is 0.268. The number of nitrogens with zero attached hydrogens (tertiary/aromatic N) is 4. The Bertz CT molecular complexity index is 868. The van der Waals surface area contributed by atoms with Gasteiger partial charge in [0.05, 0.1) is 35.7 Å². The Morgan fingerprint density at radius 3 is 2.75 bits per heavy atom. The molecule has 0 saturated carbocycles. The smallest absolute Gasteiger partial charge is 0.234 e. The lowest BCUT2D eigenvalue weighted by atomic mass is 10.1. The van der Waals surface area contributed by atoms with Gasteiger partial charge in [0.15, 0.2) is 0 Å². The van der Waals surface area contributed by atoms with Gasteiger partial charge in [0, 0.05) is 18.1 Å². The molecular formula is C17H19N5OS. The number of carbonyl (C=O) groups excluding carboxylic acids is 1. The van der Waals surface area contributed by atoms with Gasteiger partial charge < -0.3 is 5.32 Å². The van der Waals surface area contributed by atoms with Crippen LogP contribution in [0, 0.1) is 13.8 Å². The second kappa shape index (κ2) is 6.92. The van der Waals surface area contributed by atoms with E-state index in [1.54, 1.807) is 21.8 Å². The number of hydrogen-bond donors (Lipinski definition) is 1. The molecule has 3 rings (SSSR count). The molecule has 0 bridgehead atoms. The van der Waals surface area contributed by atoms with Gasteiger partial charge in [0.2, 0.25) is 5.91 Å². The molecule has 1 N–H and O–H groups in total. The standard InChI is InChI=1S/C17H19N5OS/c1-12-4-5-16(13(2)6-12)22-9-14(7-19-22)20-17(23)11-24-15-8-18-21(3)10-15/h4-10H,11H2,1-3H3,(H,20,23). The van der Waals surface area contributed by atoms with Crippen molar-refractivity contribution in [3.8, 4) is 5.69 Å². The molecule has 0 atom stereocenters. The van der Waals surface area contributed by atoms with Crippen LogP contribution >= 0.6 is 11.8 Å². The summed E-state index contributed by atoms with van der Waals surface area (Å²) in [5, 5.41) is 11.3. The Labute approximate surface area is 144 Å². The Kier molecular flexibility index (Phi) is 4.71. The number of aryl methyl sites for hydroxylation is 3. The van der Waals surface area contributed by atoms with E-state index in [1.165, 1.54) is 17.3 Å². The Morgan fingerprint density at radius 1 is 1.21 bits per heavy atom. The molecule has 0 aliphatic heterocycles. The number of carbonyl (C=O) groups is 1. The highest BCUT2D eigenvalue weighted by Gasteiger charge is 2.08. The van der Waals surface area contributed by atoms with E-state index in [9.17, 15) is 4.79 Å². The van der Waals surface area contributed by atoms with Crippen LogP contribution in [-0.4, -0.2) is 31.2 Å². The van der Waals surface area contributed by atoms with E-state index in [2.05, 4.69) is 28.5 Å². The highest BCUT2D eigenvalue weighted by molar-refractivity contribution is 8.00. The second-order valence-electron chi connectivity index (χ2n) is 5.65. The predicted octanol–water partition coefficient (Wildman–Crippen LogP) is 2.95. The molecule has 124 valence electrons. The van der Waals surface area contributed by atoms with E-state index >= 15 is 0 Å². The summed E-state index contributed by atoms with van der Waals surface area (Å²) in [7, 11) is 1.85. The summed E-state index contributed by atoms with van der Waals surface area (Å²) in [5.41, 5.74) is 4.05. The lowest BCUT2D eigenvalue weighted by Gasteiger charge is -2.06. The fourth-order valence-corrected chi connectivity index (χ4v) is 3.12. The molecule has 7 heteroatoms. The molecule has 0 saturated heterocycles. The van der Waals surface area contributed by atoms with Crippen molar-refractivity contribution in [2.75, 3.05) is 11.1 Å². The van der Waals surface area contributed by atoms with Crippen LogP contribution in [0.1, 0.15) is 11.1 Å². The van der Waals surface area contributed by atoms with Gasteiger partial charge in [-0.3, -0.25) is 9.48 Å². The normalized spacial score (nSPS) is 10.8. The molecule has 0 radical (unpaired) electrons. The molecule has 3 aromatic rings. The van der Waals surface area contributed by atoms with Crippen molar-refractivity contribution in [2.45, 2.75) is 18.7 Å². The van der Waals surface area contributed by atoms with Gasteiger partial charge in [-0.2, -0.15) is 10.2 Å². The molecule has 1 aromatic carbocycles. The van der Waals surface area contributed by atoms with Gasteiger partial charge in [-0.25, -0.2) is 4.68 Å². The van der Waals surface area contributed by atoms with Crippen molar-refractivity contribution in [2.24, 2.45) is 7.05 Å². The van der Waals surface area contributed by atoms with Crippen LogP contribution in [0.15, 0.2) is 47.9 Å². The topological polar surface area (TPSA) is 64.7 Å². The number of amides is 1. The Balaban J connectivity index is 1.62. The van der Waals surface area contributed by atoms with E-state index in [4.69, 9.17) is 0 Å². The molecule has 0 aliphatic rings. The summed E-state index contributed by atoms with van der Waals surface area (Å²) >= 11 is 1.45. The molecule has 1 amide bonds. The number of rotatable bonds is 5. The van der Waals surface area contributed by atoms with E-state index < -0.39 is 0 Å². The van der Waals surface area contributed by atoms with Crippen LogP contribution in [0.2, 0.25) is 0 Å². The van der Waals surface area contributed by atoms with Crippen molar-refractivity contribution in [1.29, 1.82) is 0 Å². The third-order valence-electron chi connectivity index (χ3n) is 3.52. The van der Waals surface area contributed by atoms with E-state index in [-0.39, 0.29) is 5.91 Å². The van der Waals surface area contributed by atoms with Gasteiger partial charge in [-0.15, -0.1) is 11.8 Å². The number of hydrogen-bond acceptors (Lipinski definition) is 4. The van der Waals surface area contributed by atoms with Crippen LogP contribution in [0.3, 0.4) is 0 Å². The highest BCUT2D eigenvalue weighted by Crippen LogP contribution is 2.19. The quantitative estimate of drug-likeness (QED) is 0.725.